The molecule has 6 rings (SSSR count). The highest BCUT2D eigenvalue weighted by Gasteiger charge is 2.24. The van der Waals surface area contributed by atoms with Crippen molar-refractivity contribution in [2.75, 3.05) is 0 Å². The van der Waals surface area contributed by atoms with Crippen LogP contribution in [0.1, 0.15) is 26.5 Å². The van der Waals surface area contributed by atoms with Crippen LogP contribution < -0.4 is 0 Å². The molecule has 0 bridgehead atoms. The zero-order valence-electron chi connectivity index (χ0n) is 19.1. The minimum absolute atomic E-state index is 0.682. The second-order valence-corrected chi connectivity index (χ2v) is 9.26. The van der Waals surface area contributed by atoms with Crippen molar-refractivity contribution in [1.82, 2.24) is 9.55 Å². The van der Waals surface area contributed by atoms with Gasteiger partial charge in [-0.2, -0.15) is 0 Å². The minimum Gasteiger partial charge on any atom is -0.384 e. The van der Waals surface area contributed by atoms with Gasteiger partial charge in [-0.15, -0.1) is 0 Å². The second kappa shape index (κ2) is 7.16. The molecule has 2 aromatic heterocycles. The van der Waals surface area contributed by atoms with Gasteiger partial charge in [0.1, 0.15) is 5.60 Å². The summed E-state index contributed by atoms with van der Waals surface area (Å²) in [4.78, 5) is 5.13. The number of rotatable bonds is 3. The summed E-state index contributed by atoms with van der Waals surface area (Å²) in [6.45, 7) is 6.63. The lowest BCUT2D eigenvalue weighted by Crippen LogP contribution is -2.18. The molecule has 33 heavy (non-hydrogen) atoms. The van der Waals surface area contributed by atoms with E-state index in [1.54, 1.807) is 0 Å². The van der Waals surface area contributed by atoms with E-state index in [2.05, 4.69) is 96.4 Å². The Morgan fingerprint density at radius 1 is 0.758 bits per heavy atom. The van der Waals surface area contributed by atoms with Crippen molar-refractivity contribution in [3.8, 4) is 11.3 Å². The molecule has 0 saturated carbocycles. The first kappa shape index (κ1) is 20.0. The lowest BCUT2D eigenvalue weighted by atomic mass is 9.93. The first-order valence-corrected chi connectivity index (χ1v) is 11.5. The second-order valence-electron chi connectivity index (χ2n) is 9.26. The van der Waals surface area contributed by atoms with Crippen molar-refractivity contribution in [3.05, 3.63) is 90.6 Å². The lowest BCUT2D eigenvalue weighted by Gasteiger charge is -2.20. The van der Waals surface area contributed by atoms with Crippen LogP contribution in [-0.2, 0) is 12.1 Å². The number of para-hydroxylation sites is 1. The summed E-state index contributed by atoms with van der Waals surface area (Å²) in [5.41, 5.74) is 3.96. The highest BCUT2D eigenvalue weighted by Crippen LogP contribution is 2.41. The van der Waals surface area contributed by atoms with Crippen molar-refractivity contribution in [2.24, 2.45) is 0 Å². The van der Waals surface area contributed by atoms with E-state index in [1.807, 2.05) is 13.8 Å². The maximum Gasteiger partial charge on any atom is 0.101 e. The number of fused-ring (bicyclic) bond motifs is 6. The Labute approximate surface area is 192 Å². The maximum absolute atomic E-state index is 11.0. The number of aryl methyl sites for hydroxylation is 1. The Hall–Kier alpha value is -3.69. The van der Waals surface area contributed by atoms with Crippen molar-refractivity contribution >= 4 is 43.4 Å². The molecule has 0 amide bonds. The summed E-state index contributed by atoms with van der Waals surface area (Å²) < 4.78 is 2.35. The predicted molar refractivity (Wildman–Crippen MR) is 139 cm³/mol. The Bertz CT molecular complexity index is 1690. The van der Waals surface area contributed by atoms with Gasteiger partial charge in [-0.25, -0.2) is 4.98 Å². The van der Waals surface area contributed by atoms with Crippen LogP contribution in [0, 0.1) is 0 Å². The van der Waals surface area contributed by atoms with Crippen LogP contribution in [0.5, 0.6) is 0 Å². The van der Waals surface area contributed by atoms with Gasteiger partial charge in [0.05, 0.1) is 16.9 Å². The Balaban J connectivity index is 1.86. The molecule has 3 heteroatoms. The third-order valence-corrected chi connectivity index (χ3v) is 6.71. The zero-order chi connectivity index (χ0) is 22.7. The van der Waals surface area contributed by atoms with Crippen LogP contribution in [0.3, 0.4) is 0 Å². The van der Waals surface area contributed by atoms with Gasteiger partial charge >= 0.3 is 0 Å². The molecule has 0 aliphatic carbocycles. The summed E-state index contributed by atoms with van der Waals surface area (Å²) in [6.07, 6.45) is 0. The van der Waals surface area contributed by atoms with Crippen molar-refractivity contribution < 1.29 is 5.11 Å². The fraction of sp³-hybridized carbons (Fsp3) is 0.167. The molecule has 1 N–H and O–H groups in total. The van der Waals surface area contributed by atoms with Crippen LogP contribution in [0.4, 0.5) is 0 Å². The summed E-state index contributed by atoms with van der Waals surface area (Å²) >= 11 is 0. The molecular weight excluding hydrogens is 404 g/mol. The summed E-state index contributed by atoms with van der Waals surface area (Å²) in [5, 5.41) is 18.1. The standard InChI is InChI=1S/C30H26N2O/c1-4-32-26-16-10-9-15-23(26)25-18-27(30(2,3)33)31-28(29(25)32)24-17-19-11-5-6-12-20(19)21-13-7-8-14-22(21)24/h5-18,33H,4H2,1-3H3. The summed E-state index contributed by atoms with van der Waals surface area (Å²) in [7, 11) is 0. The normalized spacial score (nSPS) is 12.4. The van der Waals surface area contributed by atoms with Gasteiger partial charge in [0.2, 0.25) is 0 Å². The van der Waals surface area contributed by atoms with Crippen LogP contribution in [-0.4, -0.2) is 14.7 Å². The number of pyridine rings is 1. The van der Waals surface area contributed by atoms with E-state index in [4.69, 9.17) is 4.98 Å². The van der Waals surface area contributed by atoms with E-state index >= 15 is 0 Å². The third-order valence-electron chi connectivity index (χ3n) is 6.71. The molecule has 0 aliphatic heterocycles. The van der Waals surface area contributed by atoms with E-state index in [-0.39, 0.29) is 0 Å². The van der Waals surface area contributed by atoms with Crippen LogP contribution in [0.15, 0.2) is 84.9 Å². The molecule has 3 nitrogen and oxygen atoms in total. The monoisotopic (exact) mass is 430 g/mol. The largest absolute Gasteiger partial charge is 0.384 e. The highest BCUT2D eigenvalue weighted by atomic mass is 16.3. The third kappa shape index (κ3) is 2.96. The molecule has 2 heterocycles. The number of nitrogens with zero attached hydrogens (tertiary/aromatic N) is 2. The molecule has 4 aromatic carbocycles. The van der Waals surface area contributed by atoms with Gasteiger partial charge in [0.15, 0.2) is 0 Å². The first-order valence-electron chi connectivity index (χ1n) is 11.5. The van der Waals surface area contributed by atoms with E-state index in [1.165, 1.54) is 32.4 Å². The molecular formula is C30H26N2O. The van der Waals surface area contributed by atoms with E-state index < -0.39 is 5.60 Å². The fourth-order valence-electron chi connectivity index (χ4n) is 5.15. The van der Waals surface area contributed by atoms with Gasteiger partial charge in [0.25, 0.3) is 0 Å². The Morgan fingerprint density at radius 3 is 2.12 bits per heavy atom. The molecule has 0 unspecified atom stereocenters. The van der Waals surface area contributed by atoms with Gasteiger partial charge < -0.3 is 9.67 Å². The number of hydrogen-bond donors (Lipinski definition) is 1. The van der Waals surface area contributed by atoms with E-state index in [9.17, 15) is 5.11 Å². The smallest absolute Gasteiger partial charge is 0.101 e. The maximum atomic E-state index is 11.0. The molecule has 0 aliphatic rings. The highest BCUT2D eigenvalue weighted by molar-refractivity contribution is 6.18. The van der Waals surface area contributed by atoms with Crippen molar-refractivity contribution in [2.45, 2.75) is 32.9 Å². The molecule has 0 atom stereocenters. The molecule has 162 valence electrons. The minimum atomic E-state index is -1.05. The average Bonchev–Trinajstić information content (AvgIpc) is 3.16. The number of benzene rings is 4. The van der Waals surface area contributed by atoms with Crippen molar-refractivity contribution in [1.29, 1.82) is 0 Å². The fourth-order valence-corrected chi connectivity index (χ4v) is 5.15. The van der Waals surface area contributed by atoms with E-state index in [0.29, 0.717) is 5.69 Å². The lowest BCUT2D eigenvalue weighted by molar-refractivity contribution is 0.0741. The molecule has 6 aromatic rings. The van der Waals surface area contributed by atoms with Crippen LogP contribution in [0.2, 0.25) is 0 Å². The summed E-state index contributed by atoms with van der Waals surface area (Å²) in [6, 6.07) is 29.9. The Kier molecular flexibility index (Phi) is 4.33. The molecule has 0 radical (unpaired) electrons. The SMILES string of the molecule is CCn1c2ccccc2c2cc(C(C)(C)O)nc(-c3cc4ccccc4c4ccccc34)c21. The number of hydrogen-bond acceptors (Lipinski definition) is 2. The van der Waals surface area contributed by atoms with Gasteiger partial charge in [-0.3, -0.25) is 0 Å². The number of aromatic nitrogens is 2. The van der Waals surface area contributed by atoms with Crippen LogP contribution in [0.25, 0.3) is 54.6 Å². The molecule has 0 fully saturated rings. The zero-order valence-corrected chi connectivity index (χ0v) is 19.1. The predicted octanol–water partition coefficient (Wildman–Crippen LogP) is 7.41. The molecule has 0 spiro atoms. The van der Waals surface area contributed by atoms with Gasteiger partial charge in [0, 0.05) is 28.4 Å². The number of aliphatic hydroxyl groups is 1. The van der Waals surface area contributed by atoms with E-state index in [0.717, 1.165) is 28.7 Å². The Morgan fingerprint density at radius 2 is 1.39 bits per heavy atom. The first-order chi connectivity index (χ1) is 16.0. The van der Waals surface area contributed by atoms with Crippen LogP contribution >= 0.6 is 0 Å². The molecule has 0 saturated heterocycles. The van der Waals surface area contributed by atoms with Crippen molar-refractivity contribution in [3.63, 3.8) is 0 Å². The topological polar surface area (TPSA) is 38.0 Å². The quantitative estimate of drug-likeness (QED) is 0.297. The van der Waals surface area contributed by atoms with Gasteiger partial charge in [-0.1, -0.05) is 66.7 Å². The average molecular weight is 431 g/mol. The van der Waals surface area contributed by atoms with Gasteiger partial charge in [-0.05, 0) is 60.5 Å². The summed E-state index contributed by atoms with van der Waals surface area (Å²) in [5.74, 6) is 0.